The molecule has 0 saturated carbocycles. The number of benzene rings is 1. The van der Waals surface area contributed by atoms with Gasteiger partial charge >= 0.3 is 5.97 Å². The number of rotatable bonds is 8. The molecule has 3 rings (SSSR count). The van der Waals surface area contributed by atoms with E-state index in [0.717, 1.165) is 41.5 Å². The summed E-state index contributed by atoms with van der Waals surface area (Å²) in [6.45, 7) is 5.90. The normalized spacial score (nSPS) is 25.3. The minimum absolute atomic E-state index is 0.110. The zero-order chi connectivity index (χ0) is 18.5. The molecule has 2 bridgehead atoms. The van der Waals surface area contributed by atoms with E-state index in [2.05, 4.69) is 20.8 Å². The summed E-state index contributed by atoms with van der Waals surface area (Å²) in [7, 11) is 0. The second kappa shape index (κ2) is 9.20. The van der Waals surface area contributed by atoms with Crippen LogP contribution in [0.2, 0.25) is 0 Å². The third-order valence-electron chi connectivity index (χ3n) is 5.37. The molecule has 2 aliphatic rings. The smallest absolute Gasteiger partial charge is 0.320 e. The molecule has 0 radical (unpaired) electrons. The van der Waals surface area contributed by atoms with E-state index in [1.165, 1.54) is 0 Å². The molecule has 2 unspecified atom stereocenters. The monoisotopic (exact) mass is 425 g/mol. The third kappa shape index (κ3) is 4.78. The Kier molecular flexibility index (Phi) is 6.95. The fourth-order valence-electron chi connectivity index (χ4n) is 4.08. The highest BCUT2D eigenvalue weighted by Crippen LogP contribution is 2.36. The molecule has 5 nitrogen and oxygen atoms in total. The maximum atomic E-state index is 11.8. The van der Waals surface area contributed by atoms with E-state index in [9.17, 15) is 4.79 Å². The van der Waals surface area contributed by atoms with E-state index >= 15 is 0 Å². The summed E-state index contributed by atoms with van der Waals surface area (Å²) in [5.41, 5.74) is 1.11. The summed E-state index contributed by atoms with van der Waals surface area (Å²) in [5.74, 6) is 0.786. The Morgan fingerprint density at radius 3 is 2.65 bits per heavy atom. The maximum absolute atomic E-state index is 11.8. The molecule has 0 N–H and O–H groups in total. The van der Waals surface area contributed by atoms with E-state index in [4.69, 9.17) is 14.2 Å². The first kappa shape index (κ1) is 19.6. The molecule has 0 amide bonds. The SMILES string of the molecule is CCOC(=O)CN1C2CCC1CC(OCCOc1cccc(Br)c1C)C2. The van der Waals surface area contributed by atoms with Crippen LogP contribution in [-0.4, -0.2) is 55.4 Å². The summed E-state index contributed by atoms with van der Waals surface area (Å²) in [6, 6.07) is 6.85. The summed E-state index contributed by atoms with van der Waals surface area (Å²) >= 11 is 3.52. The van der Waals surface area contributed by atoms with Crippen LogP contribution >= 0.6 is 15.9 Å². The fraction of sp³-hybridized carbons (Fsp3) is 0.650. The molecule has 1 aromatic carbocycles. The van der Waals surface area contributed by atoms with E-state index in [1.807, 2.05) is 32.0 Å². The standard InChI is InChI=1S/C20H28BrNO4/c1-3-24-20(23)13-22-15-7-8-16(22)12-17(11-15)25-9-10-26-19-6-4-5-18(21)14(19)2/h4-6,15-17H,3,7-13H2,1-2H3. The van der Waals surface area contributed by atoms with E-state index in [1.54, 1.807) is 0 Å². The fourth-order valence-corrected chi connectivity index (χ4v) is 4.43. The predicted octanol–water partition coefficient (Wildman–Crippen LogP) is 3.71. The highest BCUT2D eigenvalue weighted by Gasteiger charge is 2.41. The lowest BCUT2D eigenvalue weighted by Gasteiger charge is -2.38. The van der Waals surface area contributed by atoms with Gasteiger partial charge in [0.05, 0.1) is 25.9 Å². The maximum Gasteiger partial charge on any atom is 0.320 e. The van der Waals surface area contributed by atoms with Gasteiger partial charge in [0, 0.05) is 22.1 Å². The Morgan fingerprint density at radius 1 is 1.23 bits per heavy atom. The van der Waals surface area contributed by atoms with Gasteiger partial charge in [0.2, 0.25) is 0 Å². The van der Waals surface area contributed by atoms with Crippen LogP contribution in [-0.2, 0) is 14.3 Å². The second-order valence-corrected chi connectivity index (χ2v) is 7.89. The first-order valence-electron chi connectivity index (χ1n) is 9.49. The van der Waals surface area contributed by atoms with Crippen LogP contribution in [0.4, 0.5) is 0 Å². The molecular formula is C20H28BrNO4. The molecule has 2 fully saturated rings. The van der Waals surface area contributed by atoms with Crippen LogP contribution in [0.1, 0.15) is 38.2 Å². The van der Waals surface area contributed by atoms with Crippen LogP contribution < -0.4 is 4.74 Å². The number of piperidine rings is 1. The lowest BCUT2D eigenvalue weighted by Crippen LogP contribution is -2.48. The largest absolute Gasteiger partial charge is 0.491 e. The zero-order valence-corrected chi connectivity index (χ0v) is 17.2. The Balaban J connectivity index is 1.41. The van der Waals surface area contributed by atoms with Crippen molar-refractivity contribution in [2.75, 3.05) is 26.4 Å². The van der Waals surface area contributed by atoms with Gasteiger partial charge in [-0.05, 0) is 51.7 Å². The minimum Gasteiger partial charge on any atom is -0.491 e. The van der Waals surface area contributed by atoms with Gasteiger partial charge < -0.3 is 14.2 Å². The molecule has 1 aromatic rings. The lowest BCUT2D eigenvalue weighted by molar-refractivity contribution is -0.146. The first-order valence-corrected chi connectivity index (χ1v) is 10.3. The van der Waals surface area contributed by atoms with Crippen LogP contribution in [0.3, 0.4) is 0 Å². The summed E-state index contributed by atoms with van der Waals surface area (Å²) in [6.07, 6.45) is 4.55. The average Bonchev–Trinajstić information content (AvgIpc) is 2.84. The number of nitrogens with zero attached hydrogens (tertiary/aromatic N) is 1. The van der Waals surface area contributed by atoms with Gasteiger partial charge in [-0.25, -0.2) is 0 Å². The van der Waals surface area contributed by atoms with Gasteiger partial charge in [0.25, 0.3) is 0 Å². The van der Waals surface area contributed by atoms with Crippen LogP contribution in [0.15, 0.2) is 22.7 Å². The van der Waals surface area contributed by atoms with Crippen molar-refractivity contribution in [1.29, 1.82) is 0 Å². The number of fused-ring (bicyclic) bond motifs is 2. The van der Waals surface area contributed by atoms with Crippen LogP contribution in [0.25, 0.3) is 0 Å². The van der Waals surface area contributed by atoms with Crippen molar-refractivity contribution < 1.29 is 19.0 Å². The van der Waals surface area contributed by atoms with Gasteiger partial charge in [-0.1, -0.05) is 22.0 Å². The van der Waals surface area contributed by atoms with Crippen molar-refractivity contribution >= 4 is 21.9 Å². The van der Waals surface area contributed by atoms with Crippen molar-refractivity contribution in [3.8, 4) is 5.75 Å². The minimum atomic E-state index is -0.110. The van der Waals surface area contributed by atoms with E-state index < -0.39 is 0 Å². The number of halogens is 1. The molecule has 144 valence electrons. The van der Waals surface area contributed by atoms with Crippen LogP contribution in [0, 0.1) is 6.92 Å². The number of hydrogen-bond donors (Lipinski definition) is 0. The Labute approximate surface area is 164 Å². The highest BCUT2D eigenvalue weighted by molar-refractivity contribution is 9.10. The quantitative estimate of drug-likeness (QED) is 0.469. The van der Waals surface area contributed by atoms with Crippen LogP contribution in [0.5, 0.6) is 5.75 Å². The molecule has 2 saturated heterocycles. The Morgan fingerprint density at radius 2 is 1.96 bits per heavy atom. The zero-order valence-electron chi connectivity index (χ0n) is 15.6. The molecule has 0 aromatic heterocycles. The van der Waals surface area contributed by atoms with Crippen molar-refractivity contribution in [2.24, 2.45) is 0 Å². The topological polar surface area (TPSA) is 48.0 Å². The molecule has 2 aliphatic heterocycles. The Hall–Kier alpha value is -1.11. The molecule has 26 heavy (non-hydrogen) atoms. The Bertz CT molecular complexity index is 610. The number of hydrogen-bond acceptors (Lipinski definition) is 5. The number of ether oxygens (including phenoxy) is 3. The van der Waals surface area contributed by atoms with Crippen molar-refractivity contribution in [3.63, 3.8) is 0 Å². The molecule has 0 spiro atoms. The summed E-state index contributed by atoms with van der Waals surface area (Å²) in [5, 5.41) is 0. The second-order valence-electron chi connectivity index (χ2n) is 7.04. The van der Waals surface area contributed by atoms with Gasteiger partial charge in [0.15, 0.2) is 0 Å². The third-order valence-corrected chi connectivity index (χ3v) is 6.23. The number of esters is 1. The van der Waals surface area contributed by atoms with Gasteiger partial charge in [-0.3, -0.25) is 9.69 Å². The van der Waals surface area contributed by atoms with Crippen molar-refractivity contribution in [1.82, 2.24) is 4.90 Å². The summed E-state index contributed by atoms with van der Waals surface area (Å²) in [4.78, 5) is 14.1. The predicted molar refractivity (Wildman–Crippen MR) is 103 cm³/mol. The average molecular weight is 426 g/mol. The molecule has 2 atom stereocenters. The number of carbonyl (C=O) groups excluding carboxylic acids is 1. The van der Waals surface area contributed by atoms with E-state index in [-0.39, 0.29) is 12.1 Å². The lowest BCUT2D eigenvalue weighted by atomic mass is 10.00. The van der Waals surface area contributed by atoms with Gasteiger partial charge in [0.1, 0.15) is 12.4 Å². The first-order chi connectivity index (χ1) is 12.6. The summed E-state index contributed by atoms with van der Waals surface area (Å²) < 4.78 is 18.1. The van der Waals surface area contributed by atoms with Gasteiger partial charge in [-0.15, -0.1) is 0 Å². The molecular weight excluding hydrogens is 398 g/mol. The van der Waals surface area contributed by atoms with Gasteiger partial charge in [-0.2, -0.15) is 0 Å². The van der Waals surface area contributed by atoms with Crippen molar-refractivity contribution in [3.05, 3.63) is 28.2 Å². The van der Waals surface area contributed by atoms with Crippen molar-refractivity contribution in [2.45, 2.75) is 57.7 Å². The highest BCUT2D eigenvalue weighted by atomic mass is 79.9. The van der Waals surface area contributed by atoms with E-state index in [0.29, 0.717) is 38.4 Å². The molecule has 2 heterocycles. The number of carbonyl (C=O) groups is 1. The molecule has 6 heteroatoms. The molecule has 0 aliphatic carbocycles.